The molecule has 4 atom stereocenters. The Morgan fingerprint density at radius 3 is 3.15 bits per heavy atom. The van der Waals surface area contributed by atoms with Crippen LogP contribution in [0.2, 0.25) is 0 Å². The second-order valence-electron chi connectivity index (χ2n) is 5.87. The van der Waals surface area contributed by atoms with E-state index >= 15 is 0 Å². The van der Waals surface area contributed by atoms with E-state index in [4.69, 9.17) is 10.5 Å². The number of aromatic nitrogens is 2. The van der Waals surface area contributed by atoms with Crippen molar-refractivity contribution in [3.05, 3.63) is 18.2 Å². The van der Waals surface area contributed by atoms with Crippen LogP contribution in [0.1, 0.15) is 50.4 Å². The number of nitrogens with zero attached hydrogens (tertiary/aromatic N) is 2. The zero-order valence-electron chi connectivity index (χ0n) is 12.2. The summed E-state index contributed by atoms with van der Waals surface area (Å²) in [5.41, 5.74) is 7.69. The minimum atomic E-state index is 0.0628. The Labute approximate surface area is 125 Å². The monoisotopic (exact) mass is 295 g/mol. The smallest absolute Gasteiger partial charge is 0.0951 e. The van der Waals surface area contributed by atoms with Gasteiger partial charge < -0.3 is 15.0 Å². The molecule has 1 saturated heterocycles. The SMILES string of the molecule is CCSC1CCCC1n1cncc1C(N)C1CCOC1. The Morgan fingerprint density at radius 2 is 2.40 bits per heavy atom. The number of rotatable bonds is 5. The van der Waals surface area contributed by atoms with Crippen molar-refractivity contribution in [2.75, 3.05) is 19.0 Å². The largest absolute Gasteiger partial charge is 0.381 e. The van der Waals surface area contributed by atoms with E-state index in [2.05, 4.69) is 28.2 Å². The third-order valence-electron chi connectivity index (χ3n) is 4.67. The first-order valence-corrected chi connectivity index (χ1v) is 8.82. The highest BCUT2D eigenvalue weighted by Gasteiger charge is 2.33. The maximum absolute atomic E-state index is 6.48. The molecular formula is C15H25N3OS. The fourth-order valence-corrected chi connectivity index (χ4v) is 4.81. The van der Waals surface area contributed by atoms with Gasteiger partial charge in [0.1, 0.15) is 0 Å². The number of ether oxygens (including phenoxy) is 1. The molecule has 0 aromatic carbocycles. The predicted octanol–water partition coefficient (Wildman–Crippen LogP) is 2.77. The second kappa shape index (κ2) is 6.50. The van der Waals surface area contributed by atoms with Crippen LogP contribution in [0, 0.1) is 5.92 Å². The summed E-state index contributed by atoms with van der Waals surface area (Å²) in [7, 11) is 0. The summed E-state index contributed by atoms with van der Waals surface area (Å²) in [4.78, 5) is 4.39. The molecular weight excluding hydrogens is 270 g/mol. The third kappa shape index (κ3) is 2.76. The maximum atomic E-state index is 6.48. The summed E-state index contributed by atoms with van der Waals surface area (Å²) in [6.07, 6.45) is 8.93. The molecule has 4 unspecified atom stereocenters. The lowest BCUT2D eigenvalue weighted by Crippen LogP contribution is -2.27. The van der Waals surface area contributed by atoms with E-state index in [1.54, 1.807) is 0 Å². The first-order valence-electron chi connectivity index (χ1n) is 7.78. The summed E-state index contributed by atoms with van der Waals surface area (Å²) in [6, 6.07) is 0.638. The molecule has 0 spiro atoms. The van der Waals surface area contributed by atoms with Crippen LogP contribution in [0.25, 0.3) is 0 Å². The predicted molar refractivity (Wildman–Crippen MR) is 82.9 cm³/mol. The van der Waals surface area contributed by atoms with Crippen LogP contribution in [-0.4, -0.2) is 33.8 Å². The van der Waals surface area contributed by atoms with E-state index in [1.807, 2.05) is 12.5 Å². The van der Waals surface area contributed by atoms with Crippen molar-refractivity contribution in [2.24, 2.45) is 11.7 Å². The van der Waals surface area contributed by atoms with Crippen LogP contribution >= 0.6 is 11.8 Å². The van der Waals surface area contributed by atoms with Crippen molar-refractivity contribution < 1.29 is 4.74 Å². The zero-order chi connectivity index (χ0) is 13.9. The highest BCUT2D eigenvalue weighted by atomic mass is 32.2. The molecule has 0 radical (unpaired) electrons. The molecule has 2 aliphatic rings. The second-order valence-corrected chi connectivity index (χ2v) is 7.38. The Balaban J connectivity index is 1.78. The number of hydrogen-bond acceptors (Lipinski definition) is 4. The van der Waals surface area contributed by atoms with E-state index in [1.165, 1.54) is 30.7 Å². The van der Waals surface area contributed by atoms with Gasteiger partial charge in [-0.25, -0.2) is 4.98 Å². The lowest BCUT2D eigenvalue weighted by molar-refractivity contribution is 0.180. The normalized spacial score (nSPS) is 31.8. The molecule has 112 valence electrons. The molecule has 3 rings (SSSR count). The van der Waals surface area contributed by atoms with Crippen LogP contribution in [0.3, 0.4) is 0 Å². The van der Waals surface area contributed by atoms with Crippen molar-refractivity contribution in [2.45, 2.75) is 49.9 Å². The van der Waals surface area contributed by atoms with Crippen molar-refractivity contribution in [3.8, 4) is 0 Å². The molecule has 1 aromatic rings. The van der Waals surface area contributed by atoms with E-state index in [-0.39, 0.29) is 6.04 Å². The molecule has 2 fully saturated rings. The number of imidazole rings is 1. The minimum Gasteiger partial charge on any atom is -0.381 e. The number of hydrogen-bond donors (Lipinski definition) is 1. The van der Waals surface area contributed by atoms with Gasteiger partial charge in [0.15, 0.2) is 0 Å². The van der Waals surface area contributed by atoms with Crippen molar-refractivity contribution >= 4 is 11.8 Å². The molecule has 2 N–H and O–H groups in total. The van der Waals surface area contributed by atoms with Gasteiger partial charge in [-0.3, -0.25) is 0 Å². The van der Waals surface area contributed by atoms with E-state index in [9.17, 15) is 0 Å². The lowest BCUT2D eigenvalue weighted by Gasteiger charge is -2.26. The Hall–Kier alpha value is -0.520. The molecule has 1 aliphatic heterocycles. The highest BCUT2D eigenvalue weighted by molar-refractivity contribution is 7.99. The molecule has 1 aliphatic carbocycles. The standard InChI is InChI=1S/C15H25N3OS/c1-2-20-14-5-3-4-12(14)18-10-17-8-13(18)15(16)11-6-7-19-9-11/h8,10-12,14-15H,2-7,9,16H2,1H3. The molecule has 0 amide bonds. The van der Waals surface area contributed by atoms with E-state index < -0.39 is 0 Å². The molecule has 1 saturated carbocycles. The molecule has 0 bridgehead atoms. The highest BCUT2D eigenvalue weighted by Crippen LogP contribution is 2.40. The Bertz CT molecular complexity index is 431. The van der Waals surface area contributed by atoms with Gasteiger partial charge in [0.25, 0.3) is 0 Å². The molecule has 1 aromatic heterocycles. The molecule has 4 nitrogen and oxygen atoms in total. The zero-order valence-corrected chi connectivity index (χ0v) is 13.0. The molecule has 20 heavy (non-hydrogen) atoms. The summed E-state index contributed by atoms with van der Waals surface area (Å²) >= 11 is 2.08. The first-order chi connectivity index (χ1) is 9.81. The van der Waals surface area contributed by atoms with Crippen LogP contribution in [-0.2, 0) is 4.74 Å². The lowest BCUT2D eigenvalue weighted by atomic mass is 9.97. The van der Waals surface area contributed by atoms with Gasteiger partial charge in [0, 0.05) is 30.0 Å². The number of nitrogens with two attached hydrogens (primary N) is 1. The average Bonchev–Trinajstić information content (AvgIpc) is 3.19. The summed E-state index contributed by atoms with van der Waals surface area (Å²) < 4.78 is 7.85. The van der Waals surface area contributed by atoms with Crippen LogP contribution < -0.4 is 5.73 Å². The van der Waals surface area contributed by atoms with Gasteiger partial charge in [-0.15, -0.1) is 0 Å². The molecule has 2 heterocycles. The van der Waals surface area contributed by atoms with Gasteiger partial charge in [-0.05, 0) is 25.0 Å². The Morgan fingerprint density at radius 1 is 1.50 bits per heavy atom. The first kappa shape index (κ1) is 14.4. The van der Waals surface area contributed by atoms with Gasteiger partial charge in [-0.1, -0.05) is 13.3 Å². The van der Waals surface area contributed by atoms with Crippen molar-refractivity contribution in [1.82, 2.24) is 9.55 Å². The molecule has 5 heteroatoms. The van der Waals surface area contributed by atoms with Gasteiger partial charge >= 0.3 is 0 Å². The fourth-order valence-electron chi connectivity index (χ4n) is 3.56. The topological polar surface area (TPSA) is 53.1 Å². The van der Waals surface area contributed by atoms with Gasteiger partial charge in [0.05, 0.1) is 24.7 Å². The van der Waals surface area contributed by atoms with Crippen LogP contribution in [0.4, 0.5) is 0 Å². The average molecular weight is 295 g/mol. The van der Waals surface area contributed by atoms with Gasteiger partial charge in [0.2, 0.25) is 0 Å². The third-order valence-corrected chi connectivity index (χ3v) is 5.98. The summed E-state index contributed by atoms with van der Waals surface area (Å²) in [5, 5.41) is 0.722. The van der Waals surface area contributed by atoms with Gasteiger partial charge in [-0.2, -0.15) is 11.8 Å². The van der Waals surface area contributed by atoms with Crippen molar-refractivity contribution in [3.63, 3.8) is 0 Å². The summed E-state index contributed by atoms with van der Waals surface area (Å²) in [6.45, 7) is 3.89. The van der Waals surface area contributed by atoms with Crippen molar-refractivity contribution in [1.29, 1.82) is 0 Å². The quantitative estimate of drug-likeness (QED) is 0.907. The van der Waals surface area contributed by atoms with Crippen LogP contribution in [0.5, 0.6) is 0 Å². The van der Waals surface area contributed by atoms with E-state index in [0.29, 0.717) is 12.0 Å². The van der Waals surface area contributed by atoms with E-state index in [0.717, 1.165) is 24.9 Å². The Kier molecular flexibility index (Phi) is 4.68. The van der Waals surface area contributed by atoms with Crippen LogP contribution in [0.15, 0.2) is 12.5 Å². The number of thioether (sulfide) groups is 1. The maximum Gasteiger partial charge on any atom is 0.0951 e. The fraction of sp³-hybridized carbons (Fsp3) is 0.800. The summed E-state index contributed by atoms with van der Waals surface area (Å²) in [5.74, 6) is 1.64. The minimum absolute atomic E-state index is 0.0628.